The molecule has 96 valence electrons. The highest BCUT2D eigenvalue weighted by molar-refractivity contribution is 8.00. The fourth-order valence-corrected chi connectivity index (χ4v) is 2.47. The van der Waals surface area contributed by atoms with Crippen molar-refractivity contribution >= 4 is 17.7 Å². The van der Waals surface area contributed by atoms with Crippen LogP contribution >= 0.6 is 11.8 Å². The van der Waals surface area contributed by atoms with Gasteiger partial charge in [-0.05, 0) is 31.5 Å². The molecule has 0 bridgehead atoms. The number of rotatable bonds is 5. The molecule has 2 N–H and O–H groups in total. The molecule has 1 aromatic carbocycles. The Balaban J connectivity index is 2.85. The average Bonchev–Trinajstić information content (AvgIpc) is 2.36. The molecule has 0 saturated heterocycles. The molecule has 0 aliphatic rings. The number of carbonyl (C=O) groups is 1. The minimum atomic E-state index is -0.616. The summed E-state index contributed by atoms with van der Waals surface area (Å²) >= 11 is 1.33. The molecule has 1 aromatic rings. The summed E-state index contributed by atoms with van der Waals surface area (Å²) in [6.45, 7) is 4.12. The van der Waals surface area contributed by atoms with Crippen LogP contribution in [0.3, 0.4) is 0 Å². The number of amides is 1. The van der Waals surface area contributed by atoms with E-state index in [-0.39, 0.29) is 11.7 Å². The van der Waals surface area contributed by atoms with Gasteiger partial charge in [-0.1, -0.05) is 6.07 Å². The van der Waals surface area contributed by atoms with Gasteiger partial charge in [-0.3, -0.25) is 4.79 Å². The van der Waals surface area contributed by atoms with Crippen LogP contribution in [0.25, 0.3) is 0 Å². The van der Waals surface area contributed by atoms with E-state index in [9.17, 15) is 9.90 Å². The van der Waals surface area contributed by atoms with Crippen LogP contribution in [0.15, 0.2) is 23.1 Å². The zero-order valence-corrected chi connectivity index (χ0v) is 11.3. The molecule has 0 spiro atoms. The summed E-state index contributed by atoms with van der Waals surface area (Å²) in [4.78, 5) is 12.2. The van der Waals surface area contributed by atoms with Crippen molar-refractivity contribution < 1.29 is 9.90 Å². The van der Waals surface area contributed by atoms with Gasteiger partial charge in [0.1, 0.15) is 0 Å². The lowest BCUT2D eigenvalue weighted by Gasteiger charge is -2.11. The van der Waals surface area contributed by atoms with Gasteiger partial charge in [-0.2, -0.15) is 5.26 Å². The van der Waals surface area contributed by atoms with Crippen molar-refractivity contribution in [2.45, 2.75) is 24.8 Å². The van der Waals surface area contributed by atoms with Crippen molar-refractivity contribution in [3.63, 3.8) is 0 Å². The molecule has 1 amide bonds. The lowest BCUT2D eigenvalue weighted by molar-refractivity contribution is -0.118. The number of thioether (sulfide) groups is 1. The molecule has 4 nitrogen and oxygen atoms in total. The summed E-state index contributed by atoms with van der Waals surface area (Å²) in [5, 5.41) is 21.2. The number of hydrogen-bond donors (Lipinski definition) is 2. The Labute approximate surface area is 111 Å². The monoisotopic (exact) mass is 264 g/mol. The SMILES string of the molecule is CCNC(=O)CSc1cc(C#N)ccc1[C@H](C)O. The van der Waals surface area contributed by atoms with Gasteiger partial charge in [0.25, 0.3) is 0 Å². The van der Waals surface area contributed by atoms with Crippen molar-refractivity contribution in [3.8, 4) is 6.07 Å². The Kier molecular flexibility index (Phi) is 5.69. The number of benzene rings is 1. The van der Waals surface area contributed by atoms with Gasteiger partial charge in [-0.25, -0.2) is 0 Å². The van der Waals surface area contributed by atoms with Crippen molar-refractivity contribution in [3.05, 3.63) is 29.3 Å². The molecule has 0 radical (unpaired) electrons. The standard InChI is InChI=1S/C13H16N2O2S/c1-3-15-13(17)8-18-12-6-10(7-14)4-5-11(12)9(2)16/h4-6,9,16H,3,8H2,1-2H3,(H,15,17)/t9-/m0/s1. The zero-order chi connectivity index (χ0) is 13.5. The van der Waals surface area contributed by atoms with E-state index in [2.05, 4.69) is 11.4 Å². The molecule has 0 aromatic heterocycles. The first kappa shape index (κ1) is 14.6. The largest absolute Gasteiger partial charge is 0.389 e. The number of nitrogens with one attached hydrogen (secondary N) is 1. The second-order valence-corrected chi connectivity index (χ2v) is 4.80. The predicted octanol–water partition coefficient (Wildman–Crippen LogP) is 1.84. The van der Waals surface area contributed by atoms with E-state index >= 15 is 0 Å². The van der Waals surface area contributed by atoms with Crippen LogP contribution < -0.4 is 5.32 Å². The van der Waals surface area contributed by atoms with Crippen LogP contribution in [0.5, 0.6) is 0 Å². The quantitative estimate of drug-likeness (QED) is 0.796. The molecule has 18 heavy (non-hydrogen) atoms. The third-order valence-electron chi connectivity index (χ3n) is 2.33. The van der Waals surface area contributed by atoms with Gasteiger partial charge in [0, 0.05) is 11.4 Å². The van der Waals surface area contributed by atoms with E-state index in [0.717, 1.165) is 10.5 Å². The minimum absolute atomic E-state index is 0.0543. The maximum absolute atomic E-state index is 11.4. The molecule has 0 heterocycles. The Morgan fingerprint density at radius 2 is 2.33 bits per heavy atom. The summed E-state index contributed by atoms with van der Waals surface area (Å²) in [7, 11) is 0. The molecule has 1 rings (SSSR count). The average molecular weight is 264 g/mol. The minimum Gasteiger partial charge on any atom is -0.389 e. The van der Waals surface area contributed by atoms with Gasteiger partial charge >= 0.3 is 0 Å². The van der Waals surface area contributed by atoms with Crippen LogP contribution in [0.4, 0.5) is 0 Å². The van der Waals surface area contributed by atoms with Gasteiger partial charge in [0.05, 0.1) is 23.5 Å². The van der Waals surface area contributed by atoms with E-state index in [4.69, 9.17) is 5.26 Å². The maximum Gasteiger partial charge on any atom is 0.230 e. The van der Waals surface area contributed by atoms with Crippen molar-refractivity contribution in [2.24, 2.45) is 0 Å². The molecule has 0 aliphatic heterocycles. The number of nitriles is 1. The topological polar surface area (TPSA) is 73.1 Å². The highest BCUT2D eigenvalue weighted by Crippen LogP contribution is 2.28. The highest BCUT2D eigenvalue weighted by Gasteiger charge is 2.11. The molecule has 0 saturated carbocycles. The van der Waals surface area contributed by atoms with Gasteiger partial charge < -0.3 is 10.4 Å². The van der Waals surface area contributed by atoms with Crippen molar-refractivity contribution in [1.29, 1.82) is 5.26 Å². The van der Waals surface area contributed by atoms with Crippen LogP contribution in [-0.2, 0) is 4.79 Å². The number of aliphatic hydroxyl groups excluding tert-OH is 1. The molecular formula is C13H16N2O2S. The predicted molar refractivity (Wildman–Crippen MR) is 71.2 cm³/mol. The highest BCUT2D eigenvalue weighted by atomic mass is 32.2. The van der Waals surface area contributed by atoms with E-state index in [1.807, 2.05) is 6.92 Å². The third kappa shape index (κ3) is 4.06. The fraction of sp³-hybridized carbons (Fsp3) is 0.385. The van der Waals surface area contributed by atoms with Crippen LogP contribution in [0, 0.1) is 11.3 Å². The Bertz CT molecular complexity index is 467. The van der Waals surface area contributed by atoms with Gasteiger partial charge in [0.15, 0.2) is 0 Å². The maximum atomic E-state index is 11.4. The fourth-order valence-electron chi connectivity index (χ4n) is 1.47. The summed E-state index contributed by atoms with van der Waals surface area (Å²) in [6, 6.07) is 7.14. The third-order valence-corrected chi connectivity index (χ3v) is 3.40. The van der Waals surface area contributed by atoms with Gasteiger partial charge in [-0.15, -0.1) is 11.8 Å². The Morgan fingerprint density at radius 1 is 1.61 bits per heavy atom. The second kappa shape index (κ2) is 7.04. The first-order valence-corrected chi connectivity index (χ1v) is 6.68. The zero-order valence-electron chi connectivity index (χ0n) is 10.4. The van der Waals surface area contributed by atoms with E-state index < -0.39 is 6.10 Å². The molecule has 0 fully saturated rings. The summed E-state index contributed by atoms with van der Waals surface area (Å²) in [6.07, 6.45) is -0.616. The van der Waals surface area contributed by atoms with Crippen LogP contribution in [0.1, 0.15) is 31.1 Å². The van der Waals surface area contributed by atoms with Crippen LogP contribution in [0.2, 0.25) is 0 Å². The Morgan fingerprint density at radius 3 is 2.89 bits per heavy atom. The molecule has 0 unspecified atom stereocenters. The van der Waals surface area contributed by atoms with E-state index in [0.29, 0.717) is 12.1 Å². The van der Waals surface area contributed by atoms with E-state index in [1.54, 1.807) is 25.1 Å². The summed E-state index contributed by atoms with van der Waals surface area (Å²) < 4.78 is 0. The number of nitrogens with zero attached hydrogens (tertiary/aromatic N) is 1. The second-order valence-electron chi connectivity index (χ2n) is 3.78. The first-order chi connectivity index (χ1) is 8.58. The lowest BCUT2D eigenvalue weighted by Crippen LogP contribution is -2.24. The number of hydrogen-bond acceptors (Lipinski definition) is 4. The first-order valence-electron chi connectivity index (χ1n) is 5.70. The van der Waals surface area contributed by atoms with Crippen LogP contribution in [-0.4, -0.2) is 23.3 Å². The normalized spacial score (nSPS) is 11.7. The Hall–Kier alpha value is -1.51. The van der Waals surface area contributed by atoms with Crippen molar-refractivity contribution in [2.75, 3.05) is 12.3 Å². The molecular weight excluding hydrogens is 248 g/mol. The lowest BCUT2D eigenvalue weighted by atomic mass is 10.1. The van der Waals surface area contributed by atoms with Gasteiger partial charge in [0.2, 0.25) is 5.91 Å². The summed E-state index contributed by atoms with van der Waals surface area (Å²) in [5.74, 6) is 0.226. The van der Waals surface area contributed by atoms with E-state index in [1.165, 1.54) is 11.8 Å². The molecule has 1 atom stereocenters. The molecule has 0 aliphatic carbocycles. The number of carbonyl (C=O) groups excluding carboxylic acids is 1. The summed E-state index contributed by atoms with van der Waals surface area (Å²) in [5.41, 5.74) is 1.26. The number of aliphatic hydroxyl groups is 1. The smallest absolute Gasteiger partial charge is 0.230 e. The molecule has 5 heteroatoms. The van der Waals surface area contributed by atoms with Crippen molar-refractivity contribution in [1.82, 2.24) is 5.32 Å².